The summed E-state index contributed by atoms with van der Waals surface area (Å²) in [5.41, 5.74) is 0.835. The van der Waals surface area contributed by atoms with Crippen molar-refractivity contribution in [2.45, 2.75) is 51.0 Å². The van der Waals surface area contributed by atoms with Crippen LogP contribution in [0.5, 0.6) is 0 Å². The number of anilines is 1. The molecule has 3 N–H and O–H groups in total. The lowest BCUT2D eigenvalue weighted by Crippen LogP contribution is -2.60. The van der Waals surface area contributed by atoms with Gasteiger partial charge in [0.1, 0.15) is 5.54 Å². The monoisotopic (exact) mass is 290 g/mol. The normalized spacial score (nSPS) is 15.9. The van der Waals surface area contributed by atoms with E-state index in [0.717, 1.165) is 25.7 Å². The molecule has 0 aliphatic heterocycles. The third-order valence-electron chi connectivity index (χ3n) is 4.00. The number of aliphatic carboxylic acids is 1. The molecular formula is C16H22N2O3. The summed E-state index contributed by atoms with van der Waals surface area (Å²) in [5.74, 6) is -0.959. The summed E-state index contributed by atoms with van der Waals surface area (Å²) in [6.07, 6.45) is 5.15. The smallest absolute Gasteiger partial charge is 0.329 e. The second-order valence-corrected chi connectivity index (χ2v) is 5.62. The van der Waals surface area contributed by atoms with E-state index in [1.807, 2.05) is 24.3 Å². The molecule has 0 bridgehead atoms. The molecule has 0 atom stereocenters. The van der Waals surface area contributed by atoms with Crippen molar-refractivity contribution < 1.29 is 14.7 Å². The van der Waals surface area contributed by atoms with E-state index in [-0.39, 0.29) is 0 Å². The Hall–Kier alpha value is -2.04. The van der Waals surface area contributed by atoms with E-state index in [4.69, 9.17) is 0 Å². The van der Waals surface area contributed by atoms with Gasteiger partial charge in [-0.2, -0.15) is 0 Å². The van der Waals surface area contributed by atoms with Gasteiger partial charge in [-0.3, -0.25) is 0 Å². The first-order valence-electron chi connectivity index (χ1n) is 7.47. The summed E-state index contributed by atoms with van der Waals surface area (Å²) in [6, 6.07) is 7.21. The third kappa shape index (κ3) is 3.74. The van der Waals surface area contributed by atoms with Gasteiger partial charge < -0.3 is 15.7 Å². The molecule has 1 aromatic rings. The summed E-state index contributed by atoms with van der Waals surface area (Å²) in [5, 5.41) is 14.4. The largest absolute Gasteiger partial charge is 0.480 e. The molecule has 1 aliphatic carbocycles. The number of urea groups is 1. The minimum atomic E-state index is -1.08. The molecule has 1 aromatic carbocycles. The maximum absolute atomic E-state index is 11.9. The molecule has 5 nitrogen and oxygen atoms in total. The Balaban J connectivity index is 1.89. The number of hydrogen-bond donors (Lipinski definition) is 3. The number of nitrogens with one attached hydrogen (secondary N) is 2. The molecule has 1 aliphatic rings. The number of aryl methyl sites for hydroxylation is 1. The van der Waals surface area contributed by atoms with E-state index in [2.05, 4.69) is 17.6 Å². The minimum absolute atomic E-state index is 0.460. The molecule has 5 heteroatoms. The highest BCUT2D eigenvalue weighted by Crippen LogP contribution is 2.32. The van der Waals surface area contributed by atoms with Crippen LogP contribution in [-0.4, -0.2) is 22.6 Å². The van der Waals surface area contributed by atoms with Crippen molar-refractivity contribution in [3.8, 4) is 0 Å². The van der Waals surface area contributed by atoms with E-state index in [1.54, 1.807) is 0 Å². The van der Waals surface area contributed by atoms with Gasteiger partial charge in [0.05, 0.1) is 0 Å². The van der Waals surface area contributed by atoms with Gasteiger partial charge in [-0.25, -0.2) is 9.59 Å². The van der Waals surface area contributed by atoms with Gasteiger partial charge in [0.25, 0.3) is 0 Å². The van der Waals surface area contributed by atoms with Gasteiger partial charge in [-0.1, -0.05) is 25.5 Å². The van der Waals surface area contributed by atoms with Crippen molar-refractivity contribution in [2.24, 2.45) is 0 Å². The first-order chi connectivity index (χ1) is 10.1. The van der Waals surface area contributed by atoms with Crippen LogP contribution in [0.4, 0.5) is 10.5 Å². The fourth-order valence-corrected chi connectivity index (χ4v) is 2.44. The maximum Gasteiger partial charge on any atom is 0.329 e. The first kappa shape index (κ1) is 15.4. The fraction of sp³-hybridized carbons (Fsp3) is 0.500. The fourth-order valence-electron chi connectivity index (χ4n) is 2.44. The molecule has 21 heavy (non-hydrogen) atoms. The standard InChI is InChI=1S/C16H22N2O3/c1-2-3-5-12-6-8-13(9-7-12)17-15(21)18-16(14(19)20)10-4-11-16/h6-9H,2-5,10-11H2,1H3,(H,19,20)(H2,17,18,21). The Morgan fingerprint density at radius 3 is 2.38 bits per heavy atom. The lowest BCUT2D eigenvalue weighted by Gasteiger charge is -2.38. The van der Waals surface area contributed by atoms with Crippen LogP contribution >= 0.6 is 0 Å². The Morgan fingerprint density at radius 1 is 1.24 bits per heavy atom. The molecule has 0 unspecified atom stereocenters. The van der Waals surface area contributed by atoms with Gasteiger partial charge >= 0.3 is 12.0 Å². The molecule has 0 heterocycles. The van der Waals surface area contributed by atoms with E-state index in [9.17, 15) is 14.7 Å². The van der Waals surface area contributed by atoms with Gasteiger partial charge in [-0.05, 0) is 49.8 Å². The average molecular weight is 290 g/mol. The zero-order chi connectivity index (χ0) is 15.3. The highest BCUT2D eigenvalue weighted by Gasteiger charge is 2.45. The molecule has 1 saturated carbocycles. The zero-order valence-corrected chi connectivity index (χ0v) is 12.3. The number of amides is 2. The molecule has 1 fully saturated rings. The van der Waals surface area contributed by atoms with Crippen molar-refractivity contribution in [2.75, 3.05) is 5.32 Å². The number of carboxylic acids is 1. The van der Waals surface area contributed by atoms with Crippen LogP contribution in [0.15, 0.2) is 24.3 Å². The highest BCUT2D eigenvalue weighted by molar-refractivity contribution is 5.94. The summed E-state index contributed by atoms with van der Waals surface area (Å²) < 4.78 is 0. The number of hydrogen-bond acceptors (Lipinski definition) is 2. The second-order valence-electron chi connectivity index (χ2n) is 5.62. The van der Waals surface area contributed by atoms with Gasteiger partial charge in [-0.15, -0.1) is 0 Å². The van der Waals surface area contributed by atoms with E-state index in [0.29, 0.717) is 18.5 Å². The Bertz CT molecular complexity index is 507. The Morgan fingerprint density at radius 2 is 1.90 bits per heavy atom. The molecule has 2 amide bonds. The van der Waals surface area contributed by atoms with E-state index in [1.165, 1.54) is 5.56 Å². The maximum atomic E-state index is 11.9. The molecule has 114 valence electrons. The predicted octanol–water partition coefficient (Wildman–Crippen LogP) is 3.16. The van der Waals surface area contributed by atoms with Gasteiger partial charge in [0, 0.05) is 5.69 Å². The van der Waals surface area contributed by atoms with Gasteiger partial charge in [0.2, 0.25) is 0 Å². The van der Waals surface area contributed by atoms with Crippen LogP contribution in [0.1, 0.15) is 44.6 Å². The van der Waals surface area contributed by atoms with E-state index >= 15 is 0 Å². The van der Waals surface area contributed by atoms with Crippen molar-refractivity contribution in [3.05, 3.63) is 29.8 Å². The van der Waals surface area contributed by atoms with Crippen molar-refractivity contribution in [1.82, 2.24) is 5.32 Å². The zero-order valence-electron chi connectivity index (χ0n) is 12.3. The lowest BCUT2D eigenvalue weighted by atomic mass is 9.77. The van der Waals surface area contributed by atoms with Crippen molar-refractivity contribution in [1.29, 1.82) is 0 Å². The number of unbranched alkanes of at least 4 members (excludes halogenated alkanes) is 1. The van der Waals surface area contributed by atoms with Gasteiger partial charge in [0.15, 0.2) is 0 Å². The number of benzene rings is 1. The minimum Gasteiger partial charge on any atom is -0.480 e. The molecule has 2 rings (SSSR count). The quantitative estimate of drug-likeness (QED) is 0.753. The number of rotatable bonds is 6. The number of carbonyl (C=O) groups excluding carboxylic acids is 1. The molecule has 0 spiro atoms. The highest BCUT2D eigenvalue weighted by atomic mass is 16.4. The second kappa shape index (κ2) is 6.61. The lowest BCUT2D eigenvalue weighted by molar-refractivity contribution is -0.148. The first-order valence-corrected chi connectivity index (χ1v) is 7.47. The molecule has 0 radical (unpaired) electrons. The molecular weight excluding hydrogens is 268 g/mol. The van der Waals surface area contributed by atoms with Crippen LogP contribution in [0.3, 0.4) is 0 Å². The van der Waals surface area contributed by atoms with Crippen LogP contribution < -0.4 is 10.6 Å². The summed E-state index contributed by atoms with van der Waals surface area (Å²) in [7, 11) is 0. The Kier molecular flexibility index (Phi) is 4.83. The summed E-state index contributed by atoms with van der Waals surface area (Å²) in [6.45, 7) is 2.15. The van der Waals surface area contributed by atoms with E-state index < -0.39 is 17.5 Å². The SMILES string of the molecule is CCCCc1ccc(NC(=O)NC2(C(=O)O)CCC2)cc1. The molecule has 0 aromatic heterocycles. The van der Waals surface area contributed by atoms with Crippen molar-refractivity contribution >= 4 is 17.7 Å². The van der Waals surface area contributed by atoms with Crippen LogP contribution in [0, 0.1) is 0 Å². The summed E-state index contributed by atoms with van der Waals surface area (Å²) >= 11 is 0. The van der Waals surface area contributed by atoms with Crippen LogP contribution in [0.25, 0.3) is 0 Å². The summed E-state index contributed by atoms with van der Waals surface area (Å²) in [4.78, 5) is 23.1. The molecule has 0 saturated heterocycles. The van der Waals surface area contributed by atoms with Crippen molar-refractivity contribution in [3.63, 3.8) is 0 Å². The van der Waals surface area contributed by atoms with Crippen LogP contribution in [-0.2, 0) is 11.2 Å². The van der Waals surface area contributed by atoms with Crippen LogP contribution in [0.2, 0.25) is 0 Å². The average Bonchev–Trinajstić information content (AvgIpc) is 2.41. The number of carboxylic acid groups (broad SMARTS) is 1. The predicted molar refractivity (Wildman–Crippen MR) is 81.4 cm³/mol. The Labute approximate surface area is 124 Å². The number of carbonyl (C=O) groups is 2. The third-order valence-corrected chi connectivity index (χ3v) is 4.00. The topological polar surface area (TPSA) is 78.4 Å².